The van der Waals surface area contributed by atoms with Crippen molar-refractivity contribution in [2.45, 2.75) is 52.1 Å². The van der Waals surface area contributed by atoms with E-state index in [9.17, 15) is 9.90 Å². The largest absolute Gasteiger partial charge is 0.478 e. The van der Waals surface area contributed by atoms with E-state index in [1.807, 2.05) is 0 Å². The molecule has 0 fully saturated rings. The van der Waals surface area contributed by atoms with E-state index in [4.69, 9.17) is 10.2 Å². The summed E-state index contributed by atoms with van der Waals surface area (Å²) in [6.45, 7) is 3.37. The molecule has 0 heterocycles. The zero-order chi connectivity index (χ0) is 12.6. The van der Waals surface area contributed by atoms with Crippen molar-refractivity contribution >= 4 is 5.97 Å². The lowest BCUT2D eigenvalue weighted by Gasteiger charge is -2.12. The van der Waals surface area contributed by atoms with Gasteiger partial charge in [-0.15, -0.1) is 0 Å². The number of carbonyl (C=O) groups is 1. The Hall–Kier alpha value is -0.870. The van der Waals surface area contributed by atoms with E-state index in [2.05, 4.69) is 0 Å². The quantitative estimate of drug-likeness (QED) is 0.438. The second kappa shape index (κ2) is 8.30. The van der Waals surface area contributed by atoms with E-state index in [-0.39, 0.29) is 12.2 Å². The van der Waals surface area contributed by atoms with Gasteiger partial charge >= 0.3 is 5.97 Å². The van der Waals surface area contributed by atoms with Gasteiger partial charge in [0.05, 0.1) is 6.10 Å². The molecule has 3 N–H and O–H groups in total. The minimum Gasteiger partial charge on any atom is -0.478 e. The Bertz CT molecular complexity index is 245. The Labute approximate surface area is 96.6 Å². The summed E-state index contributed by atoms with van der Waals surface area (Å²) in [5.74, 6) is -0.975. The van der Waals surface area contributed by atoms with Crippen molar-refractivity contribution in [3.05, 3.63) is 11.1 Å². The van der Waals surface area contributed by atoms with Gasteiger partial charge in [-0.1, -0.05) is 19.3 Å². The maximum atomic E-state index is 10.7. The van der Waals surface area contributed by atoms with Crippen LogP contribution in [0.2, 0.25) is 0 Å². The molecule has 0 radical (unpaired) electrons. The second-order valence-corrected chi connectivity index (χ2v) is 4.06. The molecule has 0 spiro atoms. The van der Waals surface area contributed by atoms with Crippen LogP contribution in [0.5, 0.6) is 0 Å². The number of carboxylic acids is 1. The van der Waals surface area contributed by atoms with Crippen LogP contribution in [-0.2, 0) is 4.79 Å². The molecule has 1 atom stereocenters. The van der Waals surface area contributed by atoms with Crippen LogP contribution in [0.3, 0.4) is 0 Å². The number of unbranched alkanes of at least 4 members (excludes halogenated alkanes) is 3. The van der Waals surface area contributed by atoms with Gasteiger partial charge in [0.25, 0.3) is 0 Å². The molecule has 1 unspecified atom stereocenters. The topological polar surface area (TPSA) is 77.8 Å². The van der Waals surface area contributed by atoms with Crippen LogP contribution in [0.4, 0.5) is 0 Å². The van der Waals surface area contributed by atoms with E-state index in [1.54, 1.807) is 6.92 Å². The summed E-state index contributed by atoms with van der Waals surface area (Å²) in [4.78, 5) is 10.7. The molecule has 0 aliphatic rings. The first-order valence-electron chi connectivity index (χ1n) is 5.70. The summed E-state index contributed by atoms with van der Waals surface area (Å²) in [6, 6.07) is 0. The maximum absolute atomic E-state index is 10.7. The summed E-state index contributed by atoms with van der Waals surface area (Å²) in [5.41, 5.74) is 0.762. The summed E-state index contributed by atoms with van der Waals surface area (Å²) in [7, 11) is 0. The molecule has 0 saturated carbocycles. The van der Waals surface area contributed by atoms with Crippen molar-refractivity contribution in [3.8, 4) is 0 Å². The molecule has 0 rings (SSSR count). The van der Waals surface area contributed by atoms with Crippen LogP contribution < -0.4 is 0 Å². The average molecular weight is 230 g/mol. The predicted octanol–water partition coefficient (Wildman–Crippen LogP) is 1.71. The number of aliphatic hydroxyl groups excluding tert-OH is 2. The molecule has 16 heavy (non-hydrogen) atoms. The van der Waals surface area contributed by atoms with E-state index in [1.165, 1.54) is 6.92 Å². The van der Waals surface area contributed by atoms with Gasteiger partial charge in [-0.25, -0.2) is 4.79 Å². The lowest BCUT2D eigenvalue weighted by Crippen LogP contribution is -2.13. The van der Waals surface area contributed by atoms with E-state index >= 15 is 0 Å². The zero-order valence-electron chi connectivity index (χ0n) is 10.1. The number of aliphatic carboxylic acids is 1. The van der Waals surface area contributed by atoms with Gasteiger partial charge in [-0.2, -0.15) is 0 Å². The first-order valence-corrected chi connectivity index (χ1v) is 5.70. The standard InChI is InChI=1S/C12H22O4/c1-9(10(2)12(15)16)11(14)7-5-3-4-6-8-13/h11,13-14H,3-8H2,1-2H3,(H,15,16). The summed E-state index contributed by atoms with van der Waals surface area (Å²) in [5, 5.41) is 27.0. The normalized spacial score (nSPS) is 14.5. The van der Waals surface area contributed by atoms with Gasteiger partial charge in [0.1, 0.15) is 0 Å². The molecule has 4 heteroatoms. The number of aliphatic hydroxyl groups is 2. The highest BCUT2D eigenvalue weighted by Crippen LogP contribution is 2.15. The van der Waals surface area contributed by atoms with Crippen molar-refractivity contribution in [3.63, 3.8) is 0 Å². The zero-order valence-corrected chi connectivity index (χ0v) is 10.1. The SMILES string of the molecule is CC(C(=O)O)=C(C)C(O)CCCCCCO. The third-order valence-electron chi connectivity index (χ3n) is 2.80. The summed E-state index contributed by atoms with van der Waals surface area (Å²) >= 11 is 0. The molecule has 0 bridgehead atoms. The van der Waals surface area contributed by atoms with E-state index < -0.39 is 12.1 Å². The van der Waals surface area contributed by atoms with Crippen molar-refractivity contribution < 1.29 is 20.1 Å². The van der Waals surface area contributed by atoms with Gasteiger partial charge in [0.2, 0.25) is 0 Å². The van der Waals surface area contributed by atoms with Crippen LogP contribution >= 0.6 is 0 Å². The third kappa shape index (κ3) is 5.88. The molecule has 0 saturated heterocycles. The van der Waals surface area contributed by atoms with Crippen LogP contribution in [0.15, 0.2) is 11.1 Å². The van der Waals surface area contributed by atoms with Crippen molar-refractivity contribution in [2.24, 2.45) is 0 Å². The molecule has 4 nitrogen and oxygen atoms in total. The fourth-order valence-electron chi connectivity index (χ4n) is 1.44. The maximum Gasteiger partial charge on any atom is 0.331 e. The monoisotopic (exact) mass is 230 g/mol. The van der Waals surface area contributed by atoms with Crippen LogP contribution in [0, 0.1) is 0 Å². The summed E-state index contributed by atoms with van der Waals surface area (Å²) in [6.07, 6.45) is 3.47. The number of hydrogen-bond donors (Lipinski definition) is 3. The van der Waals surface area contributed by atoms with E-state index in [0.29, 0.717) is 12.0 Å². The smallest absolute Gasteiger partial charge is 0.331 e. The fourth-order valence-corrected chi connectivity index (χ4v) is 1.44. The van der Waals surface area contributed by atoms with Crippen LogP contribution in [0.1, 0.15) is 46.0 Å². The molecular weight excluding hydrogens is 208 g/mol. The lowest BCUT2D eigenvalue weighted by atomic mass is 10.00. The Morgan fingerprint density at radius 3 is 2.19 bits per heavy atom. The lowest BCUT2D eigenvalue weighted by molar-refractivity contribution is -0.132. The molecule has 0 aliphatic carbocycles. The Kier molecular flexibility index (Phi) is 7.85. The highest BCUT2D eigenvalue weighted by molar-refractivity contribution is 5.86. The second-order valence-electron chi connectivity index (χ2n) is 4.06. The number of carboxylic acid groups (broad SMARTS) is 1. The molecular formula is C12H22O4. The molecule has 0 aromatic heterocycles. The highest BCUT2D eigenvalue weighted by atomic mass is 16.4. The van der Waals surface area contributed by atoms with Gasteiger partial charge in [0, 0.05) is 12.2 Å². The minimum absolute atomic E-state index is 0.208. The van der Waals surface area contributed by atoms with Crippen LogP contribution in [0.25, 0.3) is 0 Å². The molecule has 0 aliphatic heterocycles. The van der Waals surface area contributed by atoms with Gasteiger partial charge in [-0.05, 0) is 32.3 Å². The van der Waals surface area contributed by atoms with Gasteiger partial charge in [0.15, 0.2) is 0 Å². The minimum atomic E-state index is -0.975. The van der Waals surface area contributed by atoms with E-state index in [0.717, 1.165) is 25.7 Å². The molecule has 94 valence electrons. The highest BCUT2D eigenvalue weighted by Gasteiger charge is 2.12. The first kappa shape index (κ1) is 15.1. The van der Waals surface area contributed by atoms with Crippen molar-refractivity contribution in [2.75, 3.05) is 6.61 Å². The average Bonchev–Trinajstić information content (AvgIpc) is 2.26. The molecule has 0 amide bonds. The third-order valence-corrected chi connectivity index (χ3v) is 2.80. The molecule has 0 aromatic rings. The summed E-state index contributed by atoms with van der Waals surface area (Å²) < 4.78 is 0. The van der Waals surface area contributed by atoms with Crippen molar-refractivity contribution in [1.29, 1.82) is 0 Å². The Balaban J connectivity index is 3.93. The Morgan fingerprint density at radius 1 is 1.12 bits per heavy atom. The number of hydrogen-bond acceptors (Lipinski definition) is 3. The van der Waals surface area contributed by atoms with Crippen LogP contribution in [-0.4, -0.2) is 34.0 Å². The predicted molar refractivity (Wildman–Crippen MR) is 62.2 cm³/mol. The Morgan fingerprint density at radius 2 is 1.69 bits per heavy atom. The molecule has 0 aromatic carbocycles. The van der Waals surface area contributed by atoms with Gasteiger partial charge < -0.3 is 15.3 Å². The first-order chi connectivity index (χ1) is 7.50. The van der Waals surface area contributed by atoms with Crippen molar-refractivity contribution in [1.82, 2.24) is 0 Å². The van der Waals surface area contributed by atoms with Gasteiger partial charge in [-0.3, -0.25) is 0 Å². The number of rotatable bonds is 8. The fraction of sp³-hybridized carbons (Fsp3) is 0.750.